The highest BCUT2D eigenvalue weighted by molar-refractivity contribution is 6.28. The van der Waals surface area contributed by atoms with Gasteiger partial charge in [-0.3, -0.25) is 0 Å². The van der Waals surface area contributed by atoms with Gasteiger partial charge in [-0.2, -0.15) is 15.0 Å². The van der Waals surface area contributed by atoms with Gasteiger partial charge in [-0.15, -0.1) is 0 Å². The van der Waals surface area contributed by atoms with Crippen LogP contribution in [0.25, 0.3) is 0 Å². The lowest BCUT2D eigenvalue weighted by Gasteiger charge is -2.26. The highest BCUT2D eigenvalue weighted by atomic mass is 35.5. The Kier molecular flexibility index (Phi) is 4.58. The number of anilines is 2. The quantitative estimate of drug-likeness (QED) is 0.879. The first kappa shape index (κ1) is 13.3. The van der Waals surface area contributed by atoms with Gasteiger partial charge >= 0.3 is 0 Å². The SMILES string of the molecule is CC1CCC(CCNc2nc(N)nc(Cl)n2)CC1. The second-order valence-corrected chi connectivity index (χ2v) is 5.47. The first-order valence-electron chi connectivity index (χ1n) is 6.54. The maximum Gasteiger partial charge on any atom is 0.228 e. The molecule has 0 saturated heterocycles. The molecule has 1 aromatic rings. The summed E-state index contributed by atoms with van der Waals surface area (Å²) in [4.78, 5) is 11.7. The van der Waals surface area contributed by atoms with Crippen LogP contribution >= 0.6 is 11.6 Å². The normalized spacial score (nSPS) is 23.9. The van der Waals surface area contributed by atoms with Crippen LogP contribution in [-0.2, 0) is 0 Å². The maximum absolute atomic E-state index is 5.71. The fraction of sp³-hybridized carbons (Fsp3) is 0.750. The lowest BCUT2D eigenvalue weighted by molar-refractivity contribution is 0.282. The summed E-state index contributed by atoms with van der Waals surface area (Å²) in [6, 6.07) is 0. The molecule has 1 aliphatic carbocycles. The average molecular weight is 270 g/mol. The van der Waals surface area contributed by atoms with Crippen molar-refractivity contribution in [2.24, 2.45) is 11.8 Å². The molecule has 5 nitrogen and oxygen atoms in total. The smallest absolute Gasteiger partial charge is 0.228 e. The van der Waals surface area contributed by atoms with Crippen LogP contribution in [0.2, 0.25) is 5.28 Å². The molecule has 0 aromatic carbocycles. The maximum atomic E-state index is 5.71. The molecular weight excluding hydrogens is 250 g/mol. The van der Waals surface area contributed by atoms with Gasteiger partial charge in [0.15, 0.2) is 0 Å². The third kappa shape index (κ3) is 3.98. The van der Waals surface area contributed by atoms with Crippen LogP contribution in [0.15, 0.2) is 0 Å². The van der Waals surface area contributed by atoms with Crippen LogP contribution in [0.3, 0.4) is 0 Å². The zero-order chi connectivity index (χ0) is 13.0. The van der Waals surface area contributed by atoms with Gasteiger partial charge in [-0.1, -0.05) is 32.6 Å². The molecule has 0 unspecified atom stereocenters. The highest BCUT2D eigenvalue weighted by Crippen LogP contribution is 2.30. The summed E-state index contributed by atoms with van der Waals surface area (Å²) >= 11 is 5.71. The third-order valence-corrected chi connectivity index (χ3v) is 3.77. The average Bonchev–Trinajstić information content (AvgIpc) is 2.30. The summed E-state index contributed by atoms with van der Waals surface area (Å²) in [6.45, 7) is 3.20. The van der Waals surface area contributed by atoms with Crippen LogP contribution in [0, 0.1) is 11.8 Å². The lowest BCUT2D eigenvalue weighted by Crippen LogP contribution is -2.16. The van der Waals surface area contributed by atoms with Crippen LogP contribution in [0.1, 0.15) is 39.0 Å². The molecule has 1 aliphatic rings. The molecule has 3 N–H and O–H groups in total. The zero-order valence-corrected chi connectivity index (χ0v) is 11.5. The summed E-state index contributed by atoms with van der Waals surface area (Å²) in [5.74, 6) is 2.35. The van der Waals surface area contributed by atoms with E-state index in [4.69, 9.17) is 17.3 Å². The van der Waals surface area contributed by atoms with Crippen molar-refractivity contribution in [2.45, 2.75) is 39.0 Å². The number of nitrogens with zero attached hydrogens (tertiary/aromatic N) is 3. The van der Waals surface area contributed by atoms with E-state index in [9.17, 15) is 0 Å². The van der Waals surface area contributed by atoms with Crippen LogP contribution in [0.4, 0.5) is 11.9 Å². The Hall–Kier alpha value is -1.10. The Morgan fingerprint density at radius 1 is 1.22 bits per heavy atom. The number of hydrogen-bond acceptors (Lipinski definition) is 5. The fourth-order valence-corrected chi connectivity index (χ4v) is 2.62. The minimum absolute atomic E-state index is 0.136. The first-order chi connectivity index (χ1) is 8.63. The molecule has 1 saturated carbocycles. The minimum atomic E-state index is 0.136. The summed E-state index contributed by atoms with van der Waals surface area (Å²) in [5.41, 5.74) is 5.50. The lowest BCUT2D eigenvalue weighted by atomic mass is 9.81. The van der Waals surface area contributed by atoms with Crippen LogP contribution in [-0.4, -0.2) is 21.5 Å². The Morgan fingerprint density at radius 3 is 2.61 bits per heavy atom. The molecule has 1 heterocycles. The molecule has 0 atom stereocenters. The second-order valence-electron chi connectivity index (χ2n) is 5.13. The molecule has 0 amide bonds. The van der Waals surface area contributed by atoms with E-state index in [1.165, 1.54) is 25.7 Å². The van der Waals surface area contributed by atoms with E-state index in [1.807, 2.05) is 0 Å². The van der Waals surface area contributed by atoms with Gasteiger partial charge in [0.05, 0.1) is 0 Å². The molecule has 0 bridgehead atoms. The van der Waals surface area contributed by atoms with Crippen molar-refractivity contribution in [2.75, 3.05) is 17.6 Å². The Balaban J connectivity index is 1.74. The van der Waals surface area contributed by atoms with Crippen LogP contribution in [0.5, 0.6) is 0 Å². The number of nitrogens with two attached hydrogens (primary N) is 1. The van der Waals surface area contributed by atoms with Crippen molar-refractivity contribution in [3.8, 4) is 0 Å². The molecule has 0 aliphatic heterocycles. The fourth-order valence-electron chi connectivity index (χ4n) is 2.45. The topological polar surface area (TPSA) is 76.7 Å². The van der Waals surface area contributed by atoms with E-state index >= 15 is 0 Å². The highest BCUT2D eigenvalue weighted by Gasteiger charge is 2.17. The van der Waals surface area contributed by atoms with Crippen molar-refractivity contribution in [3.63, 3.8) is 0 Å². The van der Waals surface area contributed by atoms with Crippen molar-refractivity contribution in [1.29, 1.82) is 0 Å². The van der Waals surface area contributed by atoms with Gasteiger partial charge in [0, 0.05) is 6.54 Å². The molecule has 2 rings (SSSR count). The summed E-state index contributed by atoms with van der Waals surface area (Å²) in [5, 5.41) is 3.29. The van der Waals surface area contributed by atoms with E-state index in [0.29, 0.717) is 5.95 Å². The number of hydrogen-bond donors (Lipinski definition) is 2. The van der Waals surface area contributed by atoms with Crippen molar-refractivity contribution in [1.82, 2.24) is 15.0 Å². The first-order valence-corrected chi connectivity index (χ1v) is 6.92. The van der Waals surface area contributed by atoms with Crippen molar-refractivity contribution in [3.05, 3.63) is 5.28 Å². The number of halogens is 1. The van der Waals surface area contributed by atoms with Gasteiger partial charge in [-0.25, -0.2) is 0 Å². The van der Waals surface area contributed by atoms with E-state index in [-0.39, 0.29) is 11.2 Å². The molecule has 18 heavy (non-hydrogen) atoms. The number of nitrogens with one attached hydrogen (secondary N) is 1. The number of aromatic nitrogens is 3. The van der Waals surface area contributed by atoms with Crippen LogP contribution < -0.4 is 11.1 Å². The molecule has 100 valence electrons. The Morgan fingerprint density at radius 2 is 1.94 bits per heavy atom. The van der Waals surface area contributed by atoms with Crippen molar-refractivity contribution < 1.29 is 0 Å². The number of rotatable bonds is 4. The predicted molar refractivity (Wildman–Crippen MR) is 73.5 cm³/mol. The van der Waals surface area contributed by atoms with E-state index in [1.54, 1.807) is 0 Å². The Bertz CT molecular complexity index is 370. The number of nitrogen functional groups attached to an aromatic ring is 1. The van der Waals surface area contributed by atoms with Gasteiger partial charge in [0.2, 0.25) is 17.2 Å². The van der Waals surface area contributed by atoms with E-state index in [2.05, 4.69) is 27.2 Å². The molecule has 0 radical (unpaired) electrons. The third-order valence-electron chi connectivity index (χ3n) is 3.60. The van der Waals surface area contributed by atoms with Gasteiger partial charge in [0.1, 0.15) is 0 Å². The predicted octanol–water partition coefficient (Wildman–Crippen LogP) is 2.74. The molecule has 1 aromatic heterocycles. The van der Waals surface area contributed by atoms with Gasteiger partial charge in [-0.05, 0) is 29.9 Å². The van der Waals surface area contributed by atoms with E-state index < -0.39 is 0 Å². The van der Waals surface area contributed by atoms with Gasteiger partial charge < -0.3 is 11.1 Å². The zero-order valence-electron chi connectivity index (χ0n) is 10.7. The van der Waals surface area contributed by atoms with Gasteiger partial charge in [0.25, 0.3) is 0 Å². The van der Waals surface area contributed by atoms with E-state index in [0.717, 1.165) is 24.8 Å². The van der Waals surface area contributed by atoms with Crippen molar-refractivity contribution >= 4 is 23.5 Å². The molecule has 0 spiro atoms. The summed E-state index contributed by atoms with van der Waals surface area (Å²) in [6.07, 6.45) is 6.53. The molecular formula is C12H20ClN5. The minimum Gasteiger partial charge on any atom is -0.368 e. The standard InChI is InChI=1S/C12H20ClN5/c1-8-2-4-9(5-3-8)6-7-15-12-17-10(13)16-11(14)18-12/h8-9H,2-7H2,1H3,(H3,14,15,16,17,18). The second kappa shape index (κ2) is 6.18. The molecule has 6 heteroatoms. The Labute approximate surface area is 113 Å². The monoisotopic (exact) mass is 269 g/mol. The summed E-state index contributed by atoms with van der Waals surface area (Å²) in [7, 11) is 0. The largest absolute Gasteiger partial charge is 0.368 e. The molecule has 1 fully saturated rings. The summed E-state index contributed by atoms with van der Waals surface area (Å²) < 4.78 is 0.